The maximum atomic E-state index is 5.28. The Morgan fingerprint density at radius 2 is 1.71 bits per heavy atom. The molecule has 3 aromatic rings. The summed E-state index contributed by atoms with van der Waals surface area (Å²) in [6.07, 6.45) is 2.04. The molecule has 2 aromatic carbocycles. The molecule has 0 amide bonds. The normalized spacial score (nSPS) is 10.6. The Bertz CT molecular complexity index is 727. The minimum Gasteiger partial charge on any atom is -0.497 e. The van der Waals surface area contributed by atoms with Crippen LogP contribution in [0.4, 0.5) is 5.69 Å². The van der Waals surface area contributed by atoms with E-state index in [2.05, 4.69) is 22.4 Å². The van der Waals surface area contributed by atoms with Gasteiger partial charge in [0.2, 0.25) is 0 Å². The lowest BCUT2D eigenvalue weighted by Gasteiger charge is -2.10. The first-order valence-corrected chi connectivity index (χ1v) is 6.82. The summed E-state index contributed by atoms with van der Waals surface area (Å²) in [5, 5.41) is 4.64. The van der Waals surface area contributed by atoms with Crippen LogP contribution < -0.4 is 14.8 Å². The molecule has 0 unspecified atom stereocenters. The SMILES string of the molecule is COc1cc(NCc2c[nH]c3ccccc23)cc(OC)c1. The molecule has 0 atom stereocenters. The van der Waals surface area contributed by atoms with E-state index in [0.29, 0.717) is 0 Å². The van der Waals surface area contributed by atoms with Crippen LogP contribution in [0, 0.1) is 0 Å². The second-order valence-electron chi connectivity index (χ2n) is 4.81. The molecule has 3 rings (SSSR count). The fourth-order valence-electron chi connectivity index (χ4n) is 2.38. The average molecular weight is 282 g/mol. The van der Waals surface area contributed by atoms with Gasteiger partial charge in [0.15, 0.2) is 0 Å². The van der Waals surface area contributed by atoms with E-state index in [-0.39, 0.29) is 0 Å². The van der Waals surface area contributed by atoms with Crippen molar-refractivity contribution in [3.05, 3.63) is 54.2 Å². The van der Waals surface area contributed by atoms with Crippen LogP contribution in [0.25, 0.3) is 10.9 Å². The molecule has 2 N–H and O–H groups in total. The number of fused-ring (bicyclic) bond motifs is 1. The van der Waals surface area contributed by atoms with Crippen LogP contribution in [0.1, 0.15) is 5.56 Å². The van der Waals surface area contributed by atoms with Crippen LogP contribution >= 0.6 is 0 Å². The summed E-state index contributed by atoms with van der Waals surface area (Å²) in [7, 11) is 3.30. The zero-order chi connectivity index (χ0) is 14.7. The van der Waals surface area contributed by atoms with Crippen LogP contribution in [-0.4, -0.2) is 19.2 Å². The maximum absolute atomic E-state index is 5.28. The van der Waals surface area contributed by atoms with Crippen molar-refractivity contribution >= 4 is 16.6 Å². The van der Waals surface area contributed by atoms with Gasteiger partial charge in [-0.15, -0.1) is 0 Å². The van der Waals surface area contributed by atoms with Crippen molar-refractivity contribution in [1.82, 2.24) is 4.98 Å². The molecule has 1 heterocycles. The first kappa shape index (κ1) is 13.4. The highest BCUT2D eigenvalue weighted by atomic mass is 16.5. The quantitative estimate of drug-likeness (QED) is 0.748. The third-order valence-electron chi connectivity index (χ3n) is 3.51. The highest BCUT2D eigenvalue weighted by Crippen LogP contribution is 2.26. The zero-order valence-corrected chi connectivity index (χ0v) is 12.1. The number of nitrogens with one attached hydrogen (secondary N) is 2. The van der Waals surface area contributed by atoms with Gasteiger partial charge in [-0.25, -0.2) is 0 Å². The molecule has 21 heavy (non-hydrogen) atoms. The number of ether oxygens (including phenoxy) is 2. The van der Waals surface area contributed by atoms with Crippen molar-refractivity contribution in [3.63, 3.8) is 0 Å². The van der Waals surface area contributed by atoms with E-state index in [1.807, 2.05) is 36.5 Å². The van der Waals surface area contributed by atoms with E-state index >= 15 is 0 Å². The van der Waals surface area contributed by atoms with Crippen molar-refractivity contribution in [2.24, 2.45) is 0 Å². The van der Waals surface area contributed by atoms with E-state index < -0.39 is 0 Å². The number of hydrogen-bond acceptors (Lipinski definition) is 3. The third-order valence-corrected chi connectivity index (χ3v) is 3.51. The van der Waals surface area contributed by atoms with Crippen molar-refractivity contribution in [2.75, 3.05) is 19.5 Å². The molecule has 0 aliphatic rings. The van der Waals surface area contributed by atoms with Gasteiger partial charge in [0.1, 0.15) is 11.5 Å². The Hall–Kier alpha value is -2.62. The summed E-state index contributed by atoms with van der Waals surface area (Å²) in [6, 6.07) is 14.0. The maximum Gasteiger partial charge on any atom is 0.124 e. The lowest BCUT2D eigenvalue weighted by molar-refractivity contribution is 0.394. The van der Waals surface area contributed by atoms with Gasteiger partial charge in [-0.05, 0) is 11.6 Å². The van der Waals surface area contributed by atoms with E-state index in [4.69, 9.17) is 9.47 Å². The van der Waals surface area contributed by atoms with Gasteiger partial charge in [0.05, 0.1) is 14.2 Å². The molecule has 1 aromatic heterocycles. The molecule has 0 bridgehead atoms. The summed E-state index contributed by atoms with van der Waals surface area (Å²) in [5.74, 6) is 1.55. The molecule has 0 fully saturated rings. The van der Waals surface area contributed by atoms with Crippen LogP contribution in [0.5, 0.6) is 11.5 Å². The van der Waals surface area contributed by atoms with Gasteiger partial charge < -0.3 is 19.8 Å². The first-order chi connectivity index (χ1) is 10.3. The summed E-state index contributed by atoms with van der Waals surface area (Å²) < 4.78 is 10.6. The molecular formula is C17H18N2O2. The van der Waals surface area contributed by atoms with Crippen molar-refractivity contribution < 1.29 is 9.47 Å². The van der Waals surface area contributed by atoms with Gasteiger partial charge in [-0.3, -0.25) is 0 Å². The molecule has 0 spiro atoms. The highest BCUT2D eigenvalue weighted by molar-refractivity contribution is 5.83. The van der Waals surface area contributed by atoms with Gasteiger partial charge in [0.25, 0.3) is 0 Å². The second kappa shape index (κ2) is 5.79. The number of para-hydroxylation sites is 1. The van der Waals surface area contributed by atoms with Crippen molar-refractivity contribution in [2.45, 2.75) is 6.54 Å². The number of aromatic amines is 1. The topological polar surface area (TPSA) is 46.3 Å². The fourth-order valence-corrected chi connectivity index (χ4v) is 2.38. The average Bonchev–Trinajstić information content (AvgIpc) is 2.95. The van der Waals surface area contributed by atoms with Gasteiger partial charge in [-0.1, -0.05) is 18.2 Å². The molecule has 0 aliphatic heterocycles. The molecule has 4 heteroatoms. The van der Waals surface area contributed by atoms with E-state index in [0.717, 1.165) is 29.2 Å². The summed E-state index contributed by atoms with van der Waals surface area (Å²) >= 11 is 0. The third kappa shape index (κ3) is 2.79. The Labute approximate surface area is 123 Å². The van der Waals surface area contributed by atoms with E-state index in [1.165, 1.54) is 10.9 Å². The van der Waals surface area contributed by atoms with Crippen molar-refractivity contribution in [1.29, 1.82) is 0 Å². The van der Waals surface area contributed by atoms with Crippen LogP contribution in [-0.2, 0) is 6.54 Å². The van der Waals surface area contributed by atoms with Crippen molar-refractivity contribution in [3.8, 4) is 11.5 Å². The van der Waals surface area contributed by atoms with Crippen LogP contribution in [0.2, 0.25) is 0 Å². The monoisotopic (exact) mass is 282 g/mol. The Morgan fingerprint density at radius 3 is 2.43 bits per heavy atom. The molecule has 0 saturated heterocycles. The van der Waals surface area contributed by atoms with Gasteiger partial charge >= 0.3 is 0 Å². The predicted molar refractivity (Wildman–Crippen MR) is 85.2 cm³/mol. The van der Waals surface area contributed by atoms with Gasteiger partial charge in [0, 0.05) is 47.5 Å². The summed E-state index contributed by atoms with van der Waals surface area (Å²) in [4.78, 5) is 3.28. The standard InChI is InChI=1S/C17H18N2O2/c1-20-14-7-13(8-15(9-14)21-2)18-10-12-11-19-17-6-4-3-5-16(12)17/h3-9,11,18-19H,10H2,1-2H3. The largest absolute Gasteiger partial charge is 0.497 e. The molecular weight excluding hydrogens is 264 g/mol. The molecule has 108 valence electrons. The van der Waals surface area contributed by atoms with Crippen LogP contribution in [0.15, 0.2) is 48.7 Å². The molecule has 0 radical (unpaired) electrons. The fraction of sp³-hybridized carbons (Fsp3) is 0.176. The lowest BCUT2D eigenvalue weighted by atomic mass is 10.1. The highest BCUT2D eigenvalue weighted by Gasteiger charge is 2.05. The molecule has 0 saturated carbocycles. The minimum atomic E-state index is 0.736. The zero-order valence-electron chi connectivity index (χ0n) is 12.1. The molecule has 0 aliphatic carbocycles. The first-order valence-electron chi connectivity index (χ1n) is 6.82. The number of methoxy groups -OCH3 is 2. The Balaban J connectivity index is 1.81. The van der Waals surface area contributed by atoms with Crippen LogP contribution in [0.3, 0.4) is 0 Å². The lowest BCUT2D eigenvalue weighted by Crippen LogP contribution is -1.99. The Kier molecular flexibility index (Phi) is 3.69. The molecule has 4 nitrogen and oxygen atoms in total. The van der Waals surface area contributed by atoms with E-state index in [1.54, 1.807) is 14.2 Å². The smallest absolute Gasteiger partial charge is 0.124 e. The number of anilines is 1. The minimum absolute atomic E-state index is 0.736. The second-order valence-corrected chi connectivity index (χ2v) is 4.81. The number of aromatic nitrogens is 1. The number of hydrogen-bond donors (Lipinski definition) is 2. The van der Waals surface area contributed by atoms with E-state index in [9.17, 15) is 0 Å². The Morgan fingerprint density at radius 1 is 1.00 bits per heavy atom. The predicted octanol–water partition coefficient (Wildman–Crippen LogP) is 3.80. The summed E-state index contributed by atoms with van der Waals surface area (Å²) in [5.41, 5.74) is 3.35. The van der Waals surface area contributed by atoms with Gasteiger partial charge in [-0.2, -0.15) is 0 Å². The summed E-state index contributed by atoms with van der Waals surface area (Å²) in [6.45, 7) is 0.736. The number of benzene rings is 2. The number of rotatable bonds is 5. The number of H-pyrrole nitrogens is 1.